The molecule has 2 N–H and O–H groups in total. The van der Waals surface area contributed by atoms with Crippen molar-refractivity contribution in [2.75, 3.05) is 46.9 Å². The van der Waals surface area contributed by atoms with Gasteiger partial charge in [-0.1, -0.05) is 6.92 Å². The van der Waals surface area contributed by atoms with E-state index in [-0.39, 0.29) is 24.0 Å². The summed E-state index contributed by atoms with van der Waals surface area (Å²) in [4.78, 5) is 7.28. The van der Waals surface area contributed by atoms with Gasteiger partial charge in [-0.2, -0.15) is 0 Å². The van der Waals surface area contributed by atoms with E-state index in [1.165, 1.54) is 25.9 Å². The number of methoxy groups -OCH3 is 2. The molecule has 1 aliphatic rings. The van der Waals surface area contributed by atoms with Crippen LogP contribution < -0.4 is 20.1 Å². The SMILES string of the molecule is CCNC(=NCc1ccc(OC)cc1OC)NCCCN1CCC(C)CC1.I. The van der Waals surface area contributed by atoms with Gasteiger partial charge in [0.1, 0.15) is 11.5 Å². The van der Waals surface area contributed by atoms with Gasteiger partial charge in [-0.3, -0.25) is 0 Å². The van der Waals surface area contributed by atoms with Gasteiger partial charge in [-0.15, -0.1) is 24.0 Å². The van der Waals surface area contributed by atoms with Gasteiger partial charge in [0.2, 0.25) is 0 Å². The van der Waals surface area contributed by atoms with Gasteiger partial charge in [0.05, 0.1) is 20.8 Å². The number of likely N-dealkylation sites (tertiary alicyclic amines) is 1. The maximum Gasteiger partial charge on any atom is 0.191 e. The predicted octanol–water partition coefficient (Wildman–Crippen LogP) is 3.50. The van der Waals surface area contributed by atoms with Crippen LogP contribution in [0.5, 0.6) is 11.5 Å². The third-order valence-corrected chi connectivity index (χ3v) is 5.07. The molecule has 7 heteroatoms. The maximum atomic E-state index is 5.46. The van der Waals surface area contributed by atoms with Crippen molar-refractivity contribution in [3.8, 4) is 11.5 Å². The molecule has 1 fully saturated rings. The van der Waals surface area contributed by atoms with Crippen molar-refractivity contribution in [1.82, 2.24) is 15.5 Å². The van der Waals surface area contributed by atoms with Crippen LogP contribution >= 0.6 is 24.0 Å². The van der Waals surface area contributed by atoms with Crippen LogP contribution in [-0.4, -0.2) is 57.8 Å². The van der Waals surface area contributed by atoms with Gasteiger partial charge in [-0.25, -0.2) is 4.99 Å². The number of guanidine groups is 1. The lowest BCUT2D eigenvalue weighted by molar-refractivity contribution is 0.191. The molecular formula is C21H37IN4O2. The maximum absolute atomic E-state index is 5.46. The van der Waals surface area contributed by atoms with E-state index < -0.39 is 0 Å². The Bertz CT molecular complexity index is 590. The highest BCUT2D eigenvalue weighted by molar-refractivity contribution is 14.0. The van der Waals surface area contributed by atoms with Crippen LogP contribution in [0.4, 0.5) is 0 Å². The van der Waals surface area contributed by atoms with E-state index in [9.17, 15) is 0 Å². The zero-order valence-electron chi connectivity index (χ0n) is 17.8. The van der Waals surface area contributed by atoms with Gasteiger partial charge in [0.15, 0.2) is 5.96 Å². The number of halogens is 1. The molecule has 28 heavy (non-hydrogen) atoms. The van der Waals surface area contributed by atoms with Crippen LogP contribution in [0, 0.1) is 5.92 Å². The summed E-state index contributed by atoms with van der Waals surface area (Å²) in [6.07, 6.45) is 3.80. The van der Waals surface area contributed by atoms with Crippen molar-refractivity contribution in [2.45, 2.75) is 39.7 Å². The Morgan fingerprint density at radius 2 is 1.93 bits per heavy atom. The molecule has 0 aromatic heterocycles. The average molecular weight is 504 g/mol. The van der Waals surface area contributed by atoms with Gasteiger partial charge < -0.3 is 25.0 Å². The van der Waals surface area contributed by atoms with E-state index in [1.807, 2.05) is 18.2 Å². The average Bonchev–Trinajstić information content (AvgIpc) is 2.70. The van der Waals surface area contributed by atoms with Crippen molar-refractivity contribution in [3.05, 3.63) is 23.8 Å². The normalized spacial score (nSPS) is 15.6. The van der Waals surface area contributed by atoms with Crippen molar-refractivity contribution in [2.24, 2.45) is 10.9 Å². The van der Waals surface area contributed by atoms with Crippen molar-refractivity contribution < 1.29 is 9.47 Å². The number of aliphatic imine (C=N–C) groups is 1. The third kappa shape index (κ3) is 8.43. The van der Waals surface area contributed by atoms with Crippen molar-refractivity contribution in [1.29, 1.82) is 0 Å². The van der Waals surface area contributed by atoms with Crippen LogP contribution in [-0.2, 0) is 6.54 Å². The minimum atomic E-state index is 0. The Hall–Kier alpha value is -1.22. The first kappa shape index (κ1) is 24.8. The van der Waals surface area contributed by atoms with E-state index in [0.717, 1.165) is 55.0 Å². The number of piperidine rings is 1. The van der Waals surface area contributed by atoms with Gasteiger partial charge >= 0.3 is 0 Å². The quantitative estimate of drug-likeness (QED) is 0.234. The molecule has 0 unspecified atom stereocenters. The van der Waals surface area contributed by atoms with Crippen LogP contribution in [0.15, 0.2) is 23.2 Å². The number of rotatable bonds is 9. The summed E-state index contributed by atoms with van der Waals surface area (Å²) < 4.78 is 10.7. The van der Waals surface area contributed by atoms with Gasteiger partial charge in [-0.05, 0) is 63.9 Å². The van der Waals surface area contributed by atoms with Crippen molar-refractivity contribution >= 4 is 29.9 Å². The highest BCUT2D eigenvalue weighted by atomic mass is 127. The summed E-state index contributed by atoms with van der Waals surface area (Å²) in [7, 11) is 3.33. The summed E-state index contributed by atoms with van der Waals surface area (Å²) in [6.45, 7) is 10.4. The fourth-order valence-electron chi connectivity index (χ4n) is 3.28. The molecule has 0 amide bonds. The van der Waals surface area contributed by atoms with E-state index in [2.05, 4.69) is 29.4 Å². The fourth-order valence-corrected chi connectivity index (χ4v) is 3.28. The summed E-state index contributed by atoms with van der Waals surface area (Å²) >= 11 is 0. The molecule has 6 nitrogen and oxygen atoms in total. The highest BCUT2D eigenvalue weighted by Crippen LogP contribution is 2.25. The first-order chi connectivity index (χ1) is 13.2. The molecule has 1 aliphatic heterocycles. The summed E-state index contributed by atoms with van der Waals surface area (Å²) in [6, 6.07) is 5.83. The fraction of sp³-hybridized carbons (Fsp3) is 0.667. The van der Waals surface area contributed by atoms with Crippen LogP contribution in [0.25, 0.3) is 0 Å². The lowest BCUT2D eigenvalue weighted by Crippen LogP contribution is -2.39. The predicted molar refractivity (Wildman–Crippen MR) is 127 cm³/mol. The van der Waals surface area contributed by atoms with Crippen molar-refractivity contribution in [3.63, 3.8) is 0 Å². The van der Waals surface area contributed by atoms with E-state index in [4.69, 9.17) is 14.5 Å². The molecule has 160 valence electrons. The lowest BCUT2D eigenvalue weighted by Gasteiger charge is -2.30. The smallest absolute Gasteiger partial charge is 0.191 e. The number of nitrogens with one attached hydrogen (secondary N) is 2. The number of hydrogen-bond donors (Lipinski definition) is 2. The standard InChI is InChI=1S/C21H36N4O2.HI/c1-5-22-21(23-11-6-12-25-13-9-17(2)10-14-25)24-16-18-7-8-19(26-3)15-20(18)27-4;/h7-8,15,17H,5-6,9-14,16H2,1-4H3,(H2,22,23,24);1H. The zero-order valence-corrected chi connectivity index (χ0v) is 20.1. The number of nitrogens with zero attached hydrogens (tertiary/aromatic N) is 2. The van der Waals surface area contributed by atoms with Crippen LogP contribution in [0.3, 0.4) is 0 Å². The molecular weight excluding hydrogens is 467 g/mol. The second-order valence-corrected chi connectivity index (χ2v) is 7.18. The second kappa shape index (κ2) is 13.9. The zero-order chi connectivity index (χ0) is 19.5. The number of benzene rings is 1. The molecule has 1 saturated heterocycles. The molecule has 0 bridgehead atoms. The summed E-state index contributed by atoms with van der Waals surface area (Å²) in [5, 5.41) is 6.76. The first-order valence-electron chi connectivity index (χ1n) is 10.1. The molecule has 0 spiro atoms. The Labute approximate surface area is 187 Å². The molecule has 2 rings (SSSR count). The minimum absolute atomic E-state index is 0. The Morgan fingerprint density at radius 1 is 1.18 bits per heavy atom. The monoisotopic (exact) mass is 504 g/mol. The second-order valence-electron chi connectivity index (χ2n) is 7.18. The van der Waals surface area contributed by atoms with Crippen LogP contribution in [0.2, 0.25) is 0 Å². The summed E-state index contributed by atoms with van der Waals surface area (Å²) in [5.41, 5.74) is 1.04. The number of ether oxygens (including phenoxy) is 2. The largest absolute Gasteiger partial charge is 0.497 e. The van der Waals surface area contributed by atoms with E-state index >= 15 is 0 Å². The molecule has 0 radical (unpaired) electrons. The Morgan fingerprint density at radius 3 is 2.57 bits per heavy atom. The highest BCUT2D eigenvalue weighted by Gasteiger charge is 2.14. The van der Waals surface area contributed by atoms with E-state index in [1.54, 1.807) is 14.2 Å². The molecule has 0 aliphatic carbocycles. The lowest BCUT2D eigenvalue weighted by atomic mass is 9.99. The van der Waals surface area contributed by atoms with Gasteiger partial charge in [0.25, 0.3) is 0 Å². The first-order valence-corrected chi connectivity index (χ1v) is 10.1. The Kier molecular flexibility index (Phi) is 12.3. The van der Waals surface area contributed by atoms with Gasteiger partial charge in [0, 0.05) is 24.7 Å². The number of hydrogen-bond acceptors (Lipinski definition) is 4. The minimum Gasteiger partial charge on any atom is -0.497 e. The Balaban J connectivity index is 0.00000392. The molecule has 0 saturated carbocycles. The molecule has 1 aromatic carbocycles. The van der Waals surface area contributed by atoms with E-state index in [0.29, 0.717) is 6.54 Å². The summed E-state index contributed by atoms with van der Waals surface area (Å²) in [5.74, 6) is 3.33. The molecule has 0 atom stereocenters. The topological polar surface area (TPSA) is 58.1 Å². The third-order valence-electron chi connectivity index (χ3n) is 5.07. The van der Waals surface area contributed by atoms with Crippen LogP contribution in [0.1, 0.15) is 38.7 Å². The molecule has 1 heterocycles. The molecule has 1 aromatic rings.